The SMILES string of the molecule is CN(Cc1ccc(C(=O)O)cc1)C(=O)CCc1ccsc1. The number of carboxylic acid groups (broad SMARTS) is 1. The van der Waals surface area contributed by atoms with Crippen LogP contribution in [0.25, 0.3) is 0 Å². The lowest BCUT2D eigenvalue weighted by Gasteiger charge is -2.17. The van der Waals surface area contributed by atoms with Gasteiger partial charge in [0, 0.05) is 20.0 Å². The van der Waals surface area contributed by atoms with Gasteiger partial charge in [-0.3, -0.25) is 4.79 Å². The average Bonchev–Trinajstić information content (AvgIpc) is 2.98. The largest absolute Gasteiger partial charge is 0.478 e. The number of hydrogen-bond acceptors (Lipinski definition) is 3. The van der Waals surface area contributed by atoms with E-state index in [9.17, 15) is 9.59 Å². The fraction of sp³-hybridized carbons (Fsp3) is 0.250. The summed E-state index contributed by atoms with van der Waals surface area (Å²) in [6.07, 6.45) is 1.24. The Morgan fingerprint density at radius 2 is 1.86 bits per heavy atom. The molecule has 0 atom stereocenters. The van der Waals surface area contributed by atoms with Gasteiger partial charge in [0.1, 0.15) is 0 Å². The number of aromatic carboxylic acids is 1. The monoisotopic (exact) mass is 303 g/mol. The molecule has 0 fully saturated rings. The van der Waals surface area contributed by atoms with E-state index in [1.165, 1.54) is 5.56 Å². The molecule has 1 aromatic carbocycles. The maximum Gasteiger partial charge on any atom is 0.335 e. The Morgan fingerprint density at radius 3 is 2.43 bits per heavy atom. The third-order valence-electron chi connectivity index (χ3n) is 3.25. The van der Waals surface area contributed by atoms with Gasteiger partial charge in [-0.05, 0) is 46.5 Å². The summed E-state index contributed by atoms with van der Waals surface area (Å²) in [5.74, 6) is -0.856. The van der Waals surface area contributed by atoms with Crippen molar-refractivity contribution in [1.82, 2.24) is 4.90 Å². The van der Waals surface area contributed by atoms with Gasteiger partial charge >= 0.3 is 5.97 Å². The van der Waals surface area contributed by atoms with Crippen molar-refractivity contribution >= 4 is 23.2 Å². The third-order valence-corrected chi connectivity index (χ3v) is 3.99. The van der Waals surface area contributed by atoms with Crippen molar-refractivity contribution in [2.24, 2.45) is 0 Å². The van der Waals surface area contributed by atoms with Gasteiger partial charge in [0.15, 0.2) is 0 Å². The molecule has 4 nitrogen and oxygen atoms in total. The minimum Gasteiger partial charge on any atom is -0.478 e. The number of carbonyl (C=O) groups is 2. The van der Waals surface area contributed by atoms with Gasteiger partial charge in [0.25, 0.3) is 0 Å². The van der Waals surface area contributed by atoms with Gasteiger partial charge in [0.05, 0.1) is 5.56 Å². The van der Waals surface area contributed by atoms with Crippen LogP contribution in [0.1, 0.15) is 27.9 Å². The Bertz CT molecular complexity index is 605. The van der Waals surface area contributed by atoms with Crippen molar-refractivity contribution in [3.05, 3.63) is 57.8 Å². The first-order chi connectivity index (χ1) is 10.1. The number of carboxylic acids is 1. The molecular formula is C16H17NO3S. The van der Waals surface area contributed by atoms with E-state index in [4.69, 9.17) is 5.11 Å². The van der Waals surface area contributed by atoms with Crippen molar-refractivity contribution in [2.75, 3.05) is 7.05 Å². The molecule has 2 rings (SSSR count). The average molecular weight is 303 g/mol. The Morgan fingerprint density at radius 1 is 1.14 bits per heavy atom. The van der Waals surface area contributed by atoms with E-state index in [0.717, 1.165) is 12.0 Å². The number of rotatable bonds is 6. The lowest BCUT2D eigenvalue weighted by Crippen LogP contribution is -2.26. The minimum atomic E-state index is -0.943. The number of thiophene rings is 1. The highest BCUT2D eigenvalue weighted by molar-refractivity contribution is 7.07. The first-order valence-electron chi connectivity index (χ1n) is 6.63. The normalized spacial score (nSPS) is 10.3. The predicted octanol–water partition coefficient (Wildman–Crippen LogP) is 3.04. The molecule has 0 aliphatic rings. The highest BCUT2D eigenvalue weighted by atomic mass is 32.1. The molecule has 0 aliphatic carbocycles. The van der Waals surface area contributed by atoms with Crippen LogP contribution in [0.3, 0.4) is 0 Å². The van der Waals surface area contributed by atoms with E-state index in [1.807, 2.05) is 11.4 Å². The topological polar surface area (TPSA) is 57.6 Å². The second-order valence-corrected chi connectivity index (χ2v) is 5.66. The standard InChI is InChI=1S/C16H17NO3S/c1-17(15(18)7-4-13-8-9-21-11-13)10-12-2-5-14(6-3-12)16(19)20/h2-3,5-6,8-9,11H,4,7,10H2,1H3,(H,19,20). The minimum absolute atomic E-state index is 0.0866. The number of aryl methyl sites for hydroxylation is 1. The van der Waals surface area contributed by atoms with Crippen LogP contribution in [0.15, 0.2) is 41.1 Å². The van der Waals surface area contributed by atoms with Crippen molar-refractivity contribution in [1.29, 1.82) is 0 Å². The van der Waals surface area contributed by atoms with Crippen molar-refractivity contribution in [2.45, 2.75) is 19.4 Å². The zero-order valence-electron chi connectivity index (χ0n) is 11.8. The van der Waals surface area contributed by atoms with Gasteiger partial charge in [-0.1, -0.05) is 12.1 Å². The number of carbonyl (C=O) groups excluding carboxylic acids is 1. The van der Waals surface area contributed by atoms with E-state index in [2.05, 4.69) is 5.38 Å². The molecule has 1 amide bonds. The van der Waals surface area contributed by atoms with Gasteiger partial charge in [-0.15, -0.1) is 0 Å². The molecular weight excluding hydrogens is 286 g/mol. The van der Waals surface area contributed by atoms with Crippen molar-refractivity contribution < 1.29 is 14.7 Å². The first-order valence-corrected chi connectivity index (χ1v) is 7.58. The molecule has 1 heterocycles. The molecule has 0 spiro atoms. The second kappa shape index (κ2) is 7.04. The van der Waals surface area contributed by atoms with E-state index < -0.39 is 5.97 Å². The summed E-state index contributed by atoms with van der Waals surface area (Å²) in [6, 6.07) is 8.63. The van der Waals surface area contributed by atoms with Gasteiger partial charge in [0.2, 0.25) is 5.91 Å². The van der Waals surface area contributed by atoms with Crippen LogP contribution in [0.2, 0.25) is 0 Å². The number of amides is 1. The quantitative estimate of drug-likeness (QED) is 0.892. The predicted molar refractivity (Wildman–Crippen MR) is 82.5 cm³/mol. The van der Waals surface area contributed by atoms with Gasteiger partial charge in [-0.2, -0.15) is 11.3 Å². The summed E-state index contributed by atoms with van der Waals surface area (Å²) in [4.78, 5) is 24.5. The lowest BCUT2D eigenvalue weighted by atomic mass is 10.1. The molecule has 5 heteroatoms. The van der Waals surface area contributed by atoms with Crippen LogP contribution in [0, 0.1) is 0 Å². The second-order valence-electron chi connectivity index (χ2n) is 4.88. The van der Waals surface area contributed by atoms with E-state index in [0.29, 0.717) is 13.0 Å². The summed E-state index contributed by atoms with van der Waals surface area (Å²) >= 11 is 1.63. The number of nitrogens with zero attached hydrogens (tertiary/aromatic N) is 1. The molecule has 1 aromatic heterocycles. The van der Waals surface area contributed by atoms with Crippen molar-refractivity contribution in [3.63, 3.8) is 0 Å². The molecule has 0 saturated heterocycles. The summed E-state index contributed by atoms with van der Waals surface area (Å²) < 4.78 is 0. The van der Waals surface area contributed by atoms with E-state index in [1.54, 1.807) is 47.5 Å². The fourth-order valence-corrected chi connectivity index (χ4v) is 2.69. The van der Waals surface area contributed by atoms with Gasteiger partial charge in [-0.25, -0.2) is 4.79 Å². The summed E-state index contributed by atoms with van der Waals surface area (Å²) in [5, 5.41) is 12.9. The van der Waals surface area contributed by atoms with E-state index >= 15 is 0 Å². The van der Waals surface area contributed by atoms with Crippen LogP contribution in [0.4, 0.5) is 0 Å². The molecule has 0 aliphatic heterocycles. The van der Waals surface area contributed by atoms with Crippen LogP contribution in [-0.2, 0) is 17.8 Å². The van der Waals surface area contributed by atoms with Crippen LogP contribution >= 0.6 is 11.3 Å². The number of benzene rings is 1. The third kappa shape index (κ3) is 4.43. The molecule has 1 N–H and O–H groups in total. The maximum atomic E-state index is 12.1. The smallest absolute Gasteiger partial charge is 0.335 e. The van der Waals surface area contributed by atoms with Crippen LogP contribution < -0.4 is 0 Å². The lowest BCUT2D eigenvalue weighted by molar-refractivity contribution is -0.130. The highest BCUT2D eigenvalue weighted by Gasteiger charge is 2.10. The summed E-state index contributed by atoms with van der Waals surface area (Å²) in [6.45, 7) is 0.488. The fourth-order valence-electron chi connectivity index (χ4n) is 1.99. The molecule has 0 unspecified atom stereocenters. The molecule has 0 radical (unpaired) electrons. The summed E-state index contributed by atoms with van der Waals surface area (Å²) in [7, 11) is 1.76. The van der Waals surface area contributed by atoms with Crippen LogP contribution in [0.5, 0.6) is 0 Å². The molecule has 110 valence electrons. The van der Waals surface area contributed by atoms with Gasteiger partial charge < -0.3 is 10.0 Å². The molecule has 21 heavy (non-hydrogen) atoms. The molecule has 2 aromatic rings. The van der Waals surface area contributed by atoms with Crippen LogP contribution in [-0.4, -0.2) is 28.9 Å². The highest BCUT2D eigenvalue weighted by Crippen LogP contribution is 2.11. The molecule has 0 bridgehead atoms. The van der Waals surface area contributed by atoms with Crippen molar-refractivity contribution in [3.8, 4) is 0 Å². The Labute approximate surface area is 127 Å². The first kappa shape index (κ1) is 15.3. The Balaban J connectivity index is 1.86. The summed E-state index contributed by atoms with van der Waals surface area (Å²) in [5.41, 5.74) is 2.36. The Kier molecular flexibility index (Phi) is 5.11. The van der Waals surface area contributed by atoms with E-state index in [-0.39, 0.29) is 11.5 Å². The number of hydrogen-bond donors (Lipinski definition) is 1. The zero-order valence-corrected chi connectivity index (χ0v) is 12.6. The Hall–Kier alpha value is -2.14. The maximum absolute atomic E-state index is 12.1. The zero-order chi connectivity index (χ0) is 15.2. The molecule has 0 saturated carbocycles.